The fourth-order valence-electron chi connectivity index (χ4n) is 8.13. The summed E-state index contributed by atoms with van der Waals surface area (Å²) in [7, 11) is 0. The van der Waals surface area contributed by atoms with E-state index < -0.39 is 67.1 Å². The number of ether oxygens (including phenoxy) is 4. The standard InChI is InChI=1S/C43H74N2O11/c1-3-5-7-9-11-13-15-17-19-23-27-53-39-35(46)33(55-41(50)37(39)48)29-44-31-25-21-22-26-32(31)45(43(44)52)30-34-36(47)40(38(49)42(51)56-34)54-28-24-20-18-16-14-12-10-8-6-4-2/h21-22,25-26,33-42,46-51H,3-20,23-24,27-30H2,1-2H3/t33-,34-,35-,36-,37-,38-,39+,40+,41?,42?/m1/s1. The van der Waals surface area contributed by atoms with Gasteiger partial charge in [-0.05, 0) is 25.0 Å². The molecule has 0 aliphatic carbocycles. The van der Waals surface area contributed by atoms with Crippen LogP contribution >= 0.6 is 0 Å². The van der Waals surface area contributed by atoms with Crippen molar-refractivity contribution in [3.8, 4) is 0 Å². The highest BCUT2D eigenvalue weighted by Gasteiger charge is 2.46. The van der Waals surface area contributed by atoms with E-state index in [-0.39, 0.29) is 13.1 Å². The van der Waals surface area contributed by atoms with Crippen LogP contribution in [0, 0.1) is 0 Å². The number of imidazole rings is 1. The molecule has 1 aromatic carbocycles. The average molecular weight is 795 g/mol. The Bertz CT molecular complexity index is 1300. The van der Waals surface area contributed by atoms with E-state index in [2.05, 4.69) is 13.8 Å². The molecular weight excluding hydrogens is 720 g/mol. The van der Waals surface area contributed by atoms with Crippen LogP contribution in [0.3, 0.4) is 0 Å². The van der Waals surface area contributed by atoms with E-state index in [9.17, 15) is 35.4 Å². The second-order valence-electron chi connectivity index (χ2n) is 16.1. The molecule has 13 heteroatoms. The Labute approximate surface area is 333 Å². The van der Waals surface area contributed by atoms with E-state index in [1.54, 1.807) is 24.3 Å². The third kappa shape index (κ3) is 13.8. The molecule has 0 amide bonds. The monoisotopic (exact) mass is 795 g/mol. The lowest BCUT2D eigenvalue weighted by Crippen LogP contribution is -2.60. The molecule has 2 unspecified atom stereocenters. The summed E-state index contributed by atoms with van der Waals surface area (Å²) in [6.45, 7) is 4.74. The van der Waals surface area contributed by atoms with Gasteiger partial charge in [0.1, 0.15) is 48.8 Å². The number of aliphatic hydroxyl groups excluding tert-OH is 6. The third-order valence-electron chi connectivity index (χ3n) is 11.6. The first kappa shape index (κ1) is 46.8. The Balaban J connectivity index is 1.31. The summed E-state index contributed by atoms with van der Waals surface area (Å²) < 4.78 is 25.9. The molecule has 3 heterocycles. The van der Waals surface area contributed by atoms with Crippen LogP contribution in [0.1, 0.15) is 142 Å². The van der Waals surface area contributed by atoms with Gasteiger partial charge in [-0.1, -0.05) is 142 Å². The number of aliphatic hydroxyl groups is 6. The van der Waals surface area contributed by atoms with Crippen molar-refractivity contribution >= 4 is 11.0 Å². The number of fused-ring (bicyclic) bond motifs is 1. The van der Waals surface area contributed by atoms with E-state index >= 15 is 0 Å². The van der Waals surface area contributed by atoms with Crippen LogP contribution < -0.4 is 5.69 Å². The molecule has 0 saturated carbocycles. The number of para-hydroxylation sites is 2. The van der Waals surface area contributed by atoms with Gasteiger partial charge in [0.05, 0.1) is 24.1 Å². The van der Waals surface area contributed by atoms with Gasteiger partial charge in [0, 0.05) is 13.2 Å². The molecule has 1 aromatic heterocycles. The van der Waals surface area contributed by atoms with Crippen molar-refractivity contribution in [2.45, 2.75) is 217 Å². The molecule has 2 fully saturated rings. The molecule has 2 aromatic rings. The predicted molar refractivity (Wildman–Crippen MR) is 215 cm³/mol. The first-order valence-corrected chi connectivity index (χ1v) is 22.0. The molecule has 2 saturated heterocycles. The van der Waals surface area contributed by atoms with E-state index in [1.807, 2.05) is 0 Å². The molecule has 2 aliphatic rings. The van der Waals surface area contributed by atoms with E-state index in [0.29, 0.717) is 24.2 Å². The zero-order valence-electron chi connectivity index (χ0n) is 34.2. The summed E-state index contributed by atoms with van der Waals surface area (Å²) in [6, 6.07) is 7.01. The normalized spacial score (nSPS) is 28.4. The van der Waals surface area contributed by atoms with Gasteiger partial charge in [-0.2, -0.15) is 0 Å². The van der Waals surface area contributed by atoms with Gasteiger partial charge < -0.3 is 49.6 Å². The summed E-state index contributed by atoms with van der Waals surface area (Å²) >= 11 is 0. The lowest BCUT2D eigenvalue weighted by atomic mass is 9.98. The van der Waals surface area contributed by atoms with Crippen molar-refractivity contribution in [1.29, 1.82) is 0 Å². The van der Waals surface area contributed by atoms with Crippen LogP contribution in [0.2, 0.25) is 0 Å². The van der Waals surface area contributed by atoms with Gasteiger partial charge in [0.15, 0.2) is 12.6 Å². The van der Waals surface area contributed by atoms with Gasteiger partial charge in [0.25, 0.3) is 0 Å². The van der Waals surface area contributed by atoms with Crippen LogP contribution in [0.5, 0.6) is 0 Å². The van der Waals surface area contributed by atoms with E-state index in [0.717, 1.165) is 38.5 Å². The van der Waals surface area contributed by atoms with Gasteiger partial charge in [-0.15, -0.1) is 0 Å². The van der Waals surface area contributed by atoms with Crippen LogP contribution in [0.4, 0.5) is 0 Å². The number of aromatic nitrogens is 2. The minimum atomic E-state index is -1.62. The summed E-state index contributed by atoms with van der Waals surface area (Å²) in [5.74, 6) is 0. The molecule has 56 heavy (non-hydrogen) atoms. The minimum Gasteiger partial charge on any atom is -0.388 e. The number of rotatable bonds is 28. The lowest BCUT2D eigenvalue weighted by Gasteiger charge is -2.40. The smallest absolute Gasteiger partial charge is 0.329 e. The van der Waals surface area contributed by atoms with Gasteiger partial charge in [-0.25, -0.2) is 4.79 Å². The van der Waals surface area contributed by atoms with Crippen molar-refractivity contribution < 1.29 is 49.6 Å². The van der Waals surface area contributed by atoms with Crippen molar-refractivity contribution in [2.24, 2.45) is 0 Å². The second-order valence-corrected chi connectivity index (χ2v) is 16.1. The Morgan fingerprint density at radius 3 is 1.16 bits per heavy atom. The van der Waals surface area contributed by atoms with Crippen LogP contribution in [0.25, 0.3) is 11.0 Å². The number of nitrogens with zero attached hydrogens (tertiary/aromatic N) is 2. The predicted octanol–water partition coefficient (Wildman–Crippen LogP) is 5.29. The molecule has 2 aliphatic heterocycles. The summed E-state index contributed by atoms with van der Waals surface area (Å²) in [4.78, 5) is 14.0. The number of unbranched alkanes of at least 4 members (excludes halogenated alkanes) is 18. The van der Waals surface area contributed by atoms with Crippen molar-refractivity contribution in [2.75, 3.05) is 13.2 Å². The molecule has 13 nitrogen and oxygen atoms in total. The first-order chi connectivity index (χ1) is 27.2. The van der Waals surface area contributed by atoms with Crippen LogP contribution in [-0.4, -0.2) is 114 Å². The second kappa shape index (κ2) is 25.5. The summed E-state index contributed by atoms with van der Waals surface area (Å²) in [5.41, 5.74) is 0.525. The third-order valence-corrected chi connectivity index (χ3v) is 11.6. The van der Waals surface area contributed by atoms with Crippen molar-refractivity contribution in [1.82, 2.24) is 9.13 Å². The van der Waals surface area contributed by atoms with Crippen LogP contribution in [-0.2, 0) is 32.0 Å². The molecule has 322 valence electrons. The molecule has 0 spiro atoms. The van der Waals surface area contributed by atoms with E-state index in [4.69, 9.17) is 18.9 Å². The van der Waals surface area contributed by atoms with Crippen LogP contribution in [0.15, 0.2) is 29.1 Å². The Morgan fingerprint density at radius 1 is 0.500 bits per heavy atom. The number of benzene rings is 1. The topological polar surface area (TPSA) is 185 Å². The van der Waals surface area contributed by atoms with E-state index in [1.165, 1.54) is 99.0 Å². The largest absolute Gasteiger partial charge is 0.388 e. The quantitative estimate of drug-likeness (QED) is 0.0615. The molecular formula is C43H74N2O11. The fourth-order valence-corrected chi connectivity index (χ4v) is 8.13. The highest BCUT2D eigenvalue weighted by molar-refractivity contribution is 5.76. The zero-order valence-corrected chi connectivity index (χ0v) is 34.2. The molecule has 0 bridgehead atoms. The highest BCUT2D eigenvalue weighted by atomic mass is 16.7. The van der Waals surface area contributed by atoms with Crippen molar-refractivity contribution in [3.63, 3.8) is 0 Å². The Hall–Kier alpha value is -1.91. The SMILES string of the molecule is CCCCCCCCCCCCO[C@H]1[C@H](O)[C@@H](Cn2c(=O)n(C[C@H]3OC(O)[C@H](O)[C@@H](OCCCCCCCCCCCC)[C@@H]3O)c3ccccc32)OC(O)[C@@H]1O. The molecule has 0 radical (unpaired) electrons. The minimum absolute atomic E-state index is 0.157. The first-order valence-electron chi connectivity index (χ1n) is 22.0. The Morgan fingerprint density at radius 2 is 0.821 bits per heavy atom. The number of hydrogen-bond donors (Lipinski definition) is 6. The van der Waals surface area contributed by atoms with Gasteiger partial charge in [0.2, 0.25) is 0 Å². The molecule has 4 rings (SSSR count). The van der Waals surface area contributed by atoms with Gasteiger partial charge in [-0.3, -0.25) is 9.13 Å². The molecule has 6 N–H and O–H groups in total. The molecule has 10 atom stereocenters. The maximum absolute atomic E-state index is 14.0. The lowest BCUT2D eigenvalue weighted by molar-refractivity contribution is -0.292. The fraction of sp³-hybridized carbons (Fsp3) is 0.837. The summed E-state index contributed by atoms with van der Waals surface area (Å²) in [5, 5.41) is 65.2. The summed E-state index contributed by atoms with van der Waals surface area (Å²) in [6.07, 6.45) is 9.95. The van der Waals surface area contributed by atoms with Gasteiger partial charge >= 0.3 is 5.69 Å². The number of hydrogen-bond acceptors (Lipinski definition) is 11. The zero-order chi connectivity index (χ0) is 40.3. The highest BCUT2D eigenvalue weighted by Crippen LogP contribution is 2.28. The maximum Gasteiger partial charge on any atom is 0.329 e. The average Bonchev–Trinajstić information content (AvgIpc) is 3.45. The van der Waals surface area contributed by atoms with Crippen molar-refractivity contribution in [3.05, 3.63) is 34.7 Å². The maximum atomic E-state index is 14.0. The Kier molecular flexibility index (Phi) is 21.3.